The van der Waals surface area contributed by atoms with E-state index in [4.69, 9.17) is 18.0 Å². The molecule has 1 atom stereocenters. The standard InChI is InChI=1S/C15H19F3N2S/c1-9(2)13-4-3-7-20(13)10-5-6-11(14(19)21)12(8-10)15(16,17)18/h5-6,8-9,13H,3-4,7H2,1-2H3,(H2,19,21). The minimum Gasteiger partial charge on any atom is -0.389 e. The molecule has 1 aliphatic rings. The van der Waals surface area contributed by atoms with Crippen molar-refractivity contribution in [1.29, 1.82) is 0 Å². The van der Waals surface area contributed by atoms with Gasteiger partial charge in [0, 0.05) is 23.8 Å². The summed E-state index contributed by atoms with van der Waals surface area (Å²) in [6.07, 6.45) is -2.45. The van der Waals surface area contributed by atoms with Crippen LogP contribution in [-0.4, -0.2) is 17.6 Å². The fraction of sp³-hybridized carbons (Fsp3) is 0.533. The molecule has 0 bridgehead atoms. The van der Waals surface area contributed by atoms with E-state index in [1.807, 2.05) is 0 Å². The minimum absolute atomic E-state index is 0.110. The van der Waals surface area contributed by atoms with Gasteiger partial charge in [0.25, 0.3) is 0 Å². The first-order valence-corrected chi connectivity index (χ1v) is 7.40. The number of nitrogens with two attached hydrogens (primary N) is 1. The van der Waals surface area contributed by atoms with Gasteiger partial charge in [0.2, 0.25) is 0 Å². The van der Waals surface area contributed by atoms with E-state index in [1.54, 1.807) is 6.07 Å². The van der Waals surface area contributed by atoms with Crippen molar-refractivity contribution in [2.45, 2.75) is 38.9 Å². The van der Waals surface area contributed by atoms with E-state index < -0.39 is 11.7 Å². The third-order valence-corrected chi connectivity index (χ3v) is 4.19. The van der Waals surface area contributed by atoms with E-state index >= 15 is 0 Å². The largest absolute Gasteiger partial charge is 0.417 e. The third-order valence-electron chi connectivity index (χ3n) is 3.97. The molecule has 1 aromatic rings. The van der Waals surface area contributed by atoms with E-state index in [0.29, 0.717) is 11.6 Å². The molecule has 2 N–H and O–H groups in total. The fourth-order valence-corrected chi connectivity index (χ4v) is 3.14. The summed E-state index contributed by atoms with van der Waals surface area (Å²) in [7, 11) is 0. The molecular formula is C15H19F3N2S. The Hall–Kier alpha value is -1.30. The molecule has 1 aliphatic heterocycles. The Morgan fingerprint density at radius 1 is 1.38 bits per heavy atom. The molecular weight excluding hydrogens is 297 g/mol. The average molecular weight is 316 g/mol. The highest BCUT2D eigenvalue weighted by molar-refractivity contribution is 7.80. The minimum atomic E-state index is -4.46. The van der Waals surface area contributed by atoms with Gasteiger partial charge in [-0.25, -0.2) is 0 Å². The lowest BCUT2D eigenvalue weighted by molar-refractivity contribution is -0.137. The zero-order chi connectivity index (χ0) is 15.8. The smallest absolute Gasteiger partial charge is 0.389 e. The molecule has 6 heteroatoms. The number of hydrogen-bond donors (Lipinski definition) is 1. The van der Waals surface area contributed by atoms with Crippen molar-refractivity contribution in [3.05, 3.63) is 29.3 Å². The van der Waals surface area contributed by atoms with E-state index in [9.17, 15) is 13.2 Å². The van der Waals surface area contributed by atoms with Crippen LogP contribution >= 0.6 is 12.2 Å². The Morgan fingerprint density at radius 3 is 2.57 bits per heavy atom. The van der Waals surface area contributed by atoms with Crippen LogP contribution in [0.2, 0.25) is 0 Å². The summed E-state index contributed by atoms with van der Waals surface area (Å²) in [5.41, 5.74) is 5.15. The topological polar surface area (TPSA) is 29.3 Å². The summed E-state index contributed by atoms with van der Waals surface area (Å²) in [4.78, 5) is 1.83. The SMILES string of the molecule is CC(C)C1CCCN1c1ccc(C(N)=S)c(C(F)(F)F)c1. The summed E-state index contributed by atoms with van der Waals surface area (Å²) >= 11 is 4.73. The Labute approximate surface area is 128 Å². The Morgan fingerprint density at radius 2 is 2.05 bits per heavy atom. The molecule has 0 saturated carbocycles. The average Bonchev–Trinajstić information content (AvgIpc) is 2.86. The molecule has 116 valence electrons. The number of alkyl halides is 3. The summed E-state index contributed by atoms with van der Waals surface area (Å²) < 4.78 is 39.6. The van der Waals surface area contributed by atoms with Crippen LogP contribution in [0, 0.1) is 5.92 Å². The van der Waals surface area contributed by atoms with Crippen LogP contribution in [0.5, 0.6) is 0 Å². The zero-order valence-corrected chi connectivity index (χ0v) is 12.9. The van der Waals surface area contributed by atoms with Gasteiger partial charge >= 0.3 is 6.18 Å². The number of benzene rings is 1. The predicted molar refractivity (Wildman–Crippen MR) is 82.5 cm³/mol. The number of anilines is 1. The van der Waals surface area contributed by atoms with Crippen molar-refractivity contribution in [1.82, 2.24) is 0 Å². The lowest BCUT2D eigenvalue weighted by atomic mass is 10.0. The normalized spacial score (nSPS) is 19.3. The highest BCUT2D eigenvalue weighted by atomic mass is 32.1. The highest BCUT2D eigenvalue weighted by Gasteiger charge is 2.36. The van der Waals surface area contributed by atoms with E-state index in [0.717, 1.165) is 19.4 Å². The first kappa shape index (κ1) is 16.1. The maximum atomic E-state index is 13.2. The van der Waals surface area contributed by atoms with Crippen LogP contribution in [0.15, 0.2) is 18.2 Å². The monoisotopic (exact) mass is 316 g/mol. The van der Waals surface area contributed by atoms with Crippen molar-refractivity contribution < 1.29 is 13.2 Å². The molecule has 0 spiro atoms. The molecule has 0 aromatic heterocycles. The molecule has 1 fully saturated rings. The number of thiocarbonyl (C=S) groups is 1. The van der Waals surface area contributed by atoms with Gasteiger partial charge in [-0.3, -0.25) is 0 Å². The molecule has 2 nitrogen and oxygen atoms in total. The van der Waals surface area contributed by atoms with Crippen LogP contribution in [0.25, 0.3) is 0 Å². The Kier molecular flexibility index (Phi) is 4.46. The van der Waals surface area contributed by atoms with Gasteiger partial charge in [-0.2, -0.15) is 13.2 Å². The second kappa shape index (κ2) is 5.83. The highest BCUT2D eigenvalue weighted by Crippen LogP contribution is 2.37. The van der Waals surface area contributed by atoms with Gasteiger partial charge < -0.3 is 10.6 Å². The molecule has 1 aromatic carbocycles. The van der Waals surface area contributed by atoms with Crippen molar-refractivity contribution in [2.75, 3.05) is 11.4 Å². The van der Waals surface area contributed by atoms with Crippen LogP contribution in [0.1, 0.15) is 37.8 Å². The third kappa shape index (κ3) is 3.31. The van der Waals surface area contributed by atoms with E-state index in [-0.39, 0.29) is 16.6 Å². The number of rotatable bonds is 3. The van der Waals surface area contributed by atoms with Gasteiger partial charge in [0.1, 0.15) is 4.99 Å². The van der Waals surface area contributed by atoms with Gasteiger partial charge in [0.05, 0.1) is 5.56 Å². The number of halogens is 3. The van der Waals surface area contributed by atoms with Gasteiger partial charge in [-0.15, -0.1) is 0 Å². The Balaban J connectivity index is 2.45. The summed E-state index contributed by atoms with van der Waals surface area (Å²) in [6, 6.07) is 4.53. The second-order valence-corrected chi connectivity index (χ2v) is 6.18. The molecule has 0 amide bonds. The van der Waals surface area contributed by atoms with Crippen molar-refractivity contribution in [3.63, 3.8) is 0 Å². The summed E-state index contributed by atoms with van der Waals surface area (Å²) in [5.74, 6) is 0.400. The summed E-state index contributed by atoms with van der Waals surface area (Å²) in [6.45, 7) is 4.97. The lowest BCUT2D eigenvalue weighted by Gasteiger charge is -2.30. The number of nitrogens with zero attached hydrogens (tertiary/aromatic N) is 1. The molecule has 1 saturated heterocycles. The van der Waals surface area contributed by atoms with Gasteiger partial charge in [0.15, 0.2) is 0 Å². The molecule has 0 aliphatic carbocycles. The van der Waals surface area contributed by atoms with Crippen molar-refractivity contribution >= 4 is 22.9 Å². The lowest BCUT2D eigenvalue weighted by Crippen LogP contribution is -2.33. The quantitative estimate of drug-likeness (QED) is 0.856. The first-order chi connectivity index (χ1) is 9.71. The van der Waals surface area contributed by atoms with Crippen LogP contribution in [0.3, 0.4) is 0 Å². The molecule has 1 heterocycles. The number of hydrogen-bond acceptors (Lipinski definition) is 2. The van der Waals surface area contributed by atoms with Gasteiger partial charge in [-0.1, -0.05) is 26.1 Å². The molecule has 1 unspecified atom stereocenters. The van der Waals surface area contributed by atoms with E-state index in [1.165, 1.54) is 12.1 Å². The van der Waals surface area contributed by atoms with Gasteiger partial charge in [-0.05, 0) is 37.0 Å². The molecule has 2 rings (SSSR count). The first-order valence-electron chi connectivity index (χ1n) is 6.99. The maximum Gasteiger partial charge on any atom is 0.417 e. The predicted octanol–water partition coefficient (Wildman–Crippen LogP) is 3.96. The van der Waals surface area contributed by atoms with Crippen molar-refractivity contribution in [3.8, 4) is 0 Å². The second-order valence-electron chi connectivity index (χ2n) is 5.74. The molecule has 21 heavy (non-hydrogen) atoms. The Bertz CT molecular complexity index is 540. The maximum absolute atomic E-state index is 13.2. The van der Waals surface area contributed by atoms with Crippen molar-refractivity contribution in [2.24, 2.45) is 11.7 Å². The van der Waals surface area contributed by atoms with Crippen LogP contribution in [0.4, 0.5) is 18.9 Å². The molecule has 0 radical (unpaired) electrons. The summed E-state index contributed by atoms with van der Waals surface area (Å²) in [5, 5.41) is 0. The van der Waals surface area contributed by atoms with E-state index in [2.05, 4.69) is 18.7 Å². The van der Waals surface area contributed by atoms with Crippen LogP contribution < -0.4 is 10.6 Å². The zero-order valence-electron chi connectivity index (χ0n) is 12.1. The van der Waals surface area contributed by atoms with Crippen LogP contribution in [-0.2, 0) is 6.18 Å². The fourth-order valence-electron chi connectivity index (χ4n) is 2.97.